The normalized spacial score (nSPS) is 15.2. The summed E-state index contributed by atoms with van der Waals surface area (Å²) in [6, 6.07) is 0.569. The van der Waals surface area contributed by atoms with Crippen LogP contribution in [0.3, 0.4) is 0 Å². The highest BCUT2D eigenvalue weighted by Gasteiger charge is 2.21. The Kier molecular flexibility index (Phi) is 2.62. The monoisotopic (exact) mass is 212 g/mol. The van der Waals surface area contributed by atoms with E-state index in [1.807, 2.05) is 0 Å². The molecule has 76 valence electrons. The van der Waals surface area contributed by atoms with Gasteiger partial charge in [-0.25, -0.2) is 0 Å². The molecule has 0 unspecified atom stereocenters. The zero-order valence-corrected chi connectivity index (χ0v) is 8.73. The molecule has 2 N–H and O–H groups in total. The van der Waals surface area contributed by atoms with Crippen LogP contribution in [0.4, 0.5) is 0 Å². The second-order valence-corrected chi connectivity index (χ2v) is 3.74. The van der Waals surface area contributed by atoms with Gasteiger partial charge in [-0.05, 0) is 32.0 Å². The fourth-order valence-electron chi connectivity index (χ4n) is 1.03. The molecule has 1 aliphatic carbocycles. The molecule has 0 radical (unpaired) electrons. The van der Waals surface area contributed by atoms with E-state index in [4.69, 9.17) is 16.7 Å². The van der Waals surface area contributed by atoms with Crippen molar-refractivity contribution < 1.29 is 4.52 Å². The van der Waals surface area contributed by atoms with Crippen molar-refractivity contribution in [3.63, 3.8) is 0 Å². The minimum absolute atomic E-state index is 0.486. The SMILES string of the molecule is Cc1noc(CNC(=S)NC2CC2)n1. The van der Waals surface area contributed by atoms with Crippen LogP contribution in [0.1, 0.15) is 24.6 Å². The van der Waals surface area contributed by atoms with Gasteiger partial charge in [-0.1, -0.05) is 5.16 Å². The van der Waals surface area contributed by atoms with Crippen LogP contribution < -0.4 is 10.6 Å². The molecule has 0 bridgehead atoms. The average Bonchev–Trinajstić information content (AvgIpc) is 2.85. The molecule has 6 heteroatoms. The van der Waals surface area contributed by atoms with E-state index in [9.17, 15) is 0 Å². The summed E-state index contributed by atoms with van der Waals surface area (Å²) in [4.78, 5) is 4.05. The Morgan fingerprint density at radius 3 is 3.00 bits per heavy atom. The minimum Gasteiger partial charge on any atom is -0.360 e. The number of nitrogens with zero attached hydrogens (tertiary/aromatic N) is 2. The van der Waals surface area contributed by atoms with E-state index in [1.165, 1.54) is 12.8 Å². The molecular weight excluding hydrogens is 200 g/mol. The van der Waals surface area contributed by atoms with Crippen LogP contribution in [-0.2, 0) is 6.54 Å². The van der Waals surface area contributed by atoms with Crippen molar-refractivity contribution in [2.24, 2.45) is 0 Å². The van der Waals surface area contributed by atoms with Gasteiger partial charge in [0.2, 0.25) is 5.89 Å². The van der Waals surface area contributed by atoms with E-state index < -0.39 is 0 Å². The molecule has 1 aliphatic rings. The molecule has 5 nitrogen and oxygen atoms in total. The zero-order chi connectivity index (χ0) is 9.97. The van der Waals surface area contributed by atoms with Crippen molar-refractivity contribution in [3.05, 3.63) is 11.7 Å². The maximum absolute atomic E-state index is 5.06. The van der Waals surface area contributed by atoms with Crippen LogP contribution in [-0.4, -0.2) is 21.3 Å². The summed E-state index contributed by atoms with van der Waals surface area (Å²) >= 11 is 5.06. The molecule has 0 amide bonds. The van der Waals surface area contributed by atoms with Crippen LogP contribution in [0.5, 0.6) is 0 Å². The topological polar surface area (TPSA) is 63.0 Å². The lowest BCUT2D eigenvalue weighted by Gasteiger charge is -2.06. The molecule has 1 saturated carbocycles. The molecule has 2 rings (SSSR count). The van der Waals surface area contributed by atoms with Crippen molar-refractivity contribution in [1.29, 1.82) is 0 Å². The smallest absolute Gasteiger partial charge is 0.246 e. The van der Waals surface area contributed by atoms with Gasteiger partial charge in [0.05, 0.1) is 6.54 Å². The largest absolute Gasteiger partial charge is 0.360 e. The highest BCUT2D eigenvalue weighted by atomic mass is 32.1. The highest BCUT2D eigenvalue weighted by Crippen LogP contribution is 2.18. The maximum Gasteiger partial charge on any atom is 0.246 e. The van der Waals surface area contributed by atoms with E-state index >= 15 is 0 Å². The second kappa shape index (κ2) is 3.91. The molecule has 0 atom stereocenters. The zero-order valence-electron chi connectivity index (χ0n) is 7.91. The summed E-state index contributed by atoms with van der Waals surface area (Å²) in [6.45, 7) is 2.27. The lowest BCUT2D eigenvalue weighted by Crippen LogP contribution is -2.36. The van der Waals surface area contributed by atoms with Crippen LogP contribution in [0.2, 0.25) is 0 Å². The van der Waals surface area contributed by atoms with Crippen LogP contribution in [0, 0.1) is 6.92 Å². The van der Waals surface area contributed by atoms with E-state index in [1.54, 1.807) is 6.92 Å². The first-order valence-corrected chi connectivity index (χ1v) is 4.98. The molecule has 0 aliphatic heterocycles. The van der Waals surface area contributed by atoms with Gasteiger partial charge in [0.1, 0.15) is 0 Å². The first kappa shape index (κ1) is 9.39. The number of nitrogens with one attached hydrogen (secondary N) is 2. The van der Waals surface area contributed by atoms with Gasteiger partial charge in [-0.15, -0.1) is 0 Å². The van der Waals surface area contributed by atoms with Crippen LogP contribution in [0.25, 0.3) is 0 Å². The highest BCUT2D eigenvalue weighted by molar-refractivity contribution is 7.80. The Labute approximate surface area is 87.3 Å². The third-order valence-electron chi connectivity index (χ3n) is 1.88. The van der Waals surface area contributed by atoms with E-state index in [2.05, 4.69) is 20.8 Å². The lowest BCUT2D eigenvalue weighted by atomic mass is 10.6. The Morgan fingerprint density at radius 1 is 1.64 bits per heavy atom. The van der Waals surface area contributed by atoms with Crippen molar-refractivity contribution in [3.8, 4) is 0 Å². The number of aromatic nitrogens is 2. The predicted octanol–water partition coefficient (Wildman–Crippen LogP) is 0.505. The van der Waals surface area contributed by atoms with Gasteiger partial charge in [0.15, 0.2) is 10.9 Å². The molecule has 0 aromatic carbocycles. The molecule has 1 aromatic heterocycles. The van der Waals surface area contributed by atoms with Crippen molar-refractivity contribution in [2.75, 3.05) is 0 Å². The number of rotatable bonds is 3. The Morgan fingerprint density at radius 2 is 2.43 bits per heavy atom. The minimum atomic E-state index is 0.486. The van der Waals surface area contributed by atoms with Crippen LogP contribution in [0.15, 0.2) is 4.52 Å². The Bertz CT molecular complexity index is 334. The number of thiocarbonyl (C=S) groups is 1. The van der Waals surface area contributed by atoms with Gasteiger partial charge >= 0.3 is 0 Å². The summed E-state index contributed by atoms with van der Waals surface area (Å²) in [5.74, 6) is 1.20. The molecule has 0 saturated heterocycles. The molecule has 1 aromatic rings. The third-order valence-corrected chi connectivity index (χ3v) is 2.14. The van der Waals surface area contributed by atoms with Crippen molar-refractivity contribution in [2.45, 2.75) is 32.4 Å². The number of hydrogen-bond acceptors (Lipinski definition) is 4. The fraction of sp³-hybridized carbons (Fsp3) is 0.625. The van der Waals surface area contributed by atoms with Gasteiger partial charge < -0.3 is 15.2 Å². The van der Waals surface area contributed by atoms with E-state index in [-0.39, 0.29) is 0 Å². The van der Waals surface area contributed by atoms with E-state index in [0.717, 1.165) is 0 Å². The summed E-state index contributed by atoms with van der Waals surface area (Å²) in [6.07, 6.45) is 2.42. The Balaban J connectivity index is 1.73. The summed E-state index contributed by atoms with van der Waals surface area (Å²) in [5, 5.41) is 10.5. The summed E-state index contributed by atoms with van der Waals surface area (Å²) in [5.41, 5.74) is 0. The molecule has 14 heavy (non-hydrogen) atoms. The molecule has 0 spiro atoms. The fourth-order valence-corrected chi connectivity index (χ4v) is 1.27. The maximum atomic E-state index is 5.06. The number of aryl methyl sites for hydroxylation is 1. The molecular formula is C8H12N4OS. The number of hydrogen-bond donors (Lipinski definition) is 2. The van der Waals surface area contributed by atoms with Crippen molar-refractivity contribution in [1.82, 2.24) is 20.8 Å². The second-order valence-electron chi connectivity index (χ2n) is 3.34. The van der Waals surface area contributed by atoms with E-state index in [0.29, 0.717) is 29.4 Å². The molecule has 1 heterocycles. The first-order valence-electron chi connectivity index (χ1n) is 4.57. The standard InChI is InChI=1S/C8H12N4OS/c1-5-10-7(13-12-5)4-9-8(14)11-6-2-3-6/h6H,2-4H2,1H3,(H2,9,11,14). The van der Waals surface area contributed by atoms with Crippen molar-refractivity contribution >= 4 is 17.3 Å². The third kappa shape index (κ3) is 2.66. The summed E-state index contributed by atoms with van der Waals surface area (Å²) < 4.78 is 4.92. The van der Waals surface area contributed by atoms with Gasteiger partial charge in [-0.2, -0.15) is 4.98 Å². The predicted molar refractivity (Wildman–Crippen MR) is 54.6 cm³/mol. The first-order chi connectivity index (χ1) is 6.74. The lowest BCUT2D eigenvalue weighted by molar-refractivity contribution is 0.371. The van der Waals surface area contributed by atoms with Gasteiger partial charge in [0, 0.05) is 6.04 Å². The Hall–Kier alpha value is -1.17. The van der Waals surface area contributed by atoms with Gasteiger partial charge in [0.25, 0.3) is 0 Å². The average molecular weight is 212 g/mol. The van der Waals surface area contributed by atoms with Crippen LogP contribution >= 0.6 is 12.2 Å². The quantitative estimate of drug-likeness (QED) is 0.712. The van der Waals surface area contributed by atoms with Gasteiger partial charge in [-0.3, -0.25) is 0 Å². The molecule has 1 fully saturated rings. The summed E-state index contributed by atoms with van der Waals surface area (Å²) in [7, 11) is 0.